The Bertz CT molecular complexity index is 940. The minimum absolute atomic E-state index is 0.109. The minimum atomic E-state index is -0.289. The van der Waals surface area contributed by atoms with E-state index in [1.807, 2.05) is 30.3 Å². The number of anilines is 2. The van der Waals surface area contributed by atoms with E-state index in [2.05, 4.69) is 10.6 Å². The Hall–Kier alpha value is -3.11. The predicted octanol–water partition coefficient (Wildman–Crippen LogP) is 5.55. The zero-order chi connectivity index (χ0) is 19.8. The topological polar surface area (TPSA) is 58.2 Å². The maximum absolute atomic E-state index is 12.6. The van der Waals surface area contributed by atoms with Gasteiger partial charge in [-0.25, -0.2) is 0 Å². The molecule has 0 saturated carbocycles. The number of rotatable bonds is 7. The van der Waals surface area contributed by atoms with Crippen LogP contribution in [-0.2, 0) is 11.2 Å². The summed E-state index contributed by atoms with van der Waals surface area (Å²) >= 11 is 5.87. The van der Waals surface area contributed by atoms with Crippen molar-refractivity contribution in [1.82, 2.24) is 0 Å². The molecule has 3 rings (SSSR count). The van der Waals surface area contributed by atoms with Crippen LogP contribution in [0.3, 0.4) is 0 Å². The van der Waals surface area contributed by atoms with Crippen molar-refractivity contribution in [3.63, 3.8) is 0 Å². The van der Waals surface area contributed by atoms with Gasteiger partial charge in [0.1, 0.15) is 0 Å². The van der Waals surface area contributed by atoms with Gasteiger partial charge in [-0.05, 0) is 54.8 Å². The number of benzene rings is 3. The molecule has 28 heavy (non-hydrogen) atoms. The highest BCUT2D eigenvalue weighted by molar-refractivity contribution is 6.30. The number of nitrogens with one attached hydrogen (secondary N) is 2. The standard InChI is InChI=1S/C23H21ClN2O2/c24-18-13-15-19(16-14-18)25-23(28)20-10-4-5-11-21(20)26-22(27)12-6-9-17-7-2-1-3-8-17/h1-5,7-8,10-11,13-16H,6,9,12H2,(H,25,28)(H,26,27). The molecule has 0 spiro atoms. The van der Waals surface area contributed by atoms with Crippen molar-refractivity contribution in [2.45, 2.75) is 19.3 Å². The van der Waals surface area contributed by atoms with Crippen molar-refractivity contribution in [3.8, 4) is 0 Å². The molecule has 0 heterocycles. The molecule has 5 heteroatoms. The van der Waals surface area contributed by atoms with Crippen molar-refractivity contribution in [2.75, 3.05) is 10.6 Å². The van der Waals surface area contributed by atoms with Crippen LogP contribution in [0.25, 0.3) is 0 Å². The Morgan fingerprint density at radius 3 is 2.21 bits per heavy atom. The number of carbonyl (C=O) groups excluding carboxylic acids is 2. The Balaban J connectivity index is 1.59. The molecular formula is C23H21ClN2O2. The lowest BCUT2D eigenvalue weighted by Crippen LogP contribution is -2.18. The van der Waals surface area contributed by atoms with Crippen molar-refractivity contribution in [1.29, 1.82) is 0 Å². The first-order chi connectivity index (χ1) is 13.6. The molecule has 0 aliphatic rings. The molecule has 0 radical (unpaired) electrons. The van der Waals surface area contributed by atoms with E-state index in [1.54, 1.807) is 48.5 Å². The highest BCUT2D eigenvalue weighted by Gasteiger charge is 2.13. The Morgan fingerprint density at radius 1 is 0.786 bits per heavy atom. The summed E-state index contributed by atoms with van der Waals surface area (Å²) in [5.41, 5.74) is 2.75. The van der Waals surface area contributed by atoms with E-state index in [0.717, 1.165) is 12.8 Å². The van der Waals surface area contributed by atoms with Gasteiger partial charge in [0, 0.05) is 17.1 Å². The van der Waals surface area contributed by atoms with Crippen LogP contribution in [-0.4, -0.2) is 11.8 Å². The third-order valence-corrected chi connectivity index (χ3v) is 4.51. The molecule has 3 aromatic carbocycles. The highest BCUT2D eigenvalue weighted by atomic mass is 35.5. The largest absolute Gasteiger partial charge is 0.325 e. The number of para-hydroxylation sites is 1. The predicted molar refractivity (Wildman–Crippen MR) is 114 cm³/mol. The van der Waals surface area contributed by atoms with E-state index in [-0.39, 0.29) is 11.8 Å². The molecule has 0 unspecified atom stereocenters. The van der Waals surface area contributed by atoms with E-state index < -0.39 is 0 Å². The Labute approximate surface area is 169 Å². The molecule has 142 valence electrons. The van der Waals surface area contributed by atoms with Crippen molar-refractivity contribution >= 4 is 34.8 Å². The van der Waals surface area contributed by atoms with E-state index in [4.69, 9.17) is 11.6 Å². The minimum Gasteiger partial charge on any atom is -0.325 e. The Kier molecular flexibility index (Phi) is 6.82. The smallest absolute Gasteiger partial charge is 0.257 e. The van der Waals surface area contributed by atoms with Gasteiger partial charge in [0.2, 0.25) is 5.91 Å². The van der Waals surface area contributed by atoms with Crippen LogP contribution in [0.5, 0.6) is 0 Å². The van der Waals surface area contributed by atoms with Gasteiger partial charge < -0.3 is 10.6 Å². The highest BCUT2D eigenvalue weighted by Crippen LogP contribution is 2.19. The number of carbonyl (C=O) groups is 2. The van der Waals surface area contributed by atoms with Crippen LogP contribution >= 0.6 is 11.6 Å². The van der Waals surface area contributed by atoms with Crippen LogP contribution in [0, 0.1) is 0 Å². The average Bonchev–Trinajstić information content (AvgIpc) is 2.71. The first-order valence-corrected chi connectivity index (χ1v) is 9.49. The van der Waals surface area contributed by atoms with Crippen molar-refractivity contribution in [2.24, 2.45) is 0 Å². The van der Waals surface area contributed by atoms with Crippen molar-refractivity contribution < 1.29 is 9.59 Å². The molecule has 0 aliphatic heterocycles. The molecule has 2 amide bonds. The van der Waals surface area contributed by atoms with E-state index >= 15 is 0 Å². The lowest BCUT2D eigenvalue weighted by molar-refractivity contribution is -0.116. The number of aryl methyl sites for hydroxylation is 1. The monoisotopic (exact) mass is 392 g/mol. The summed E-state index contributed by atoms with van der Waals surface area (Å²) in [6, 6.07) is 23.9. The SMILES string of the molecule is O=C(CCCc1ccccc1)Nc1ccccc1C(=O)Nc1ccc(Cl)cc1. The molecule has 0 bridgehead atoms. The maximum Gasteiger partial charge on any atom is 0.257 e. The summed E-state index contributed by atoms with van der Waals surface area (Å²) in [6.45, 7) is 0. The van der Waals surface area contributed by atoms with Crippen molar-refractivity contribution in [3.05, 3.63) is 95.0 Å². The first-order valence-electron chi connectivity index (χ1n) is 9.11. The molecule has 4 nitrogen and oxygen atoms in total. The number of halogens is 1. The summed E-state index contributed by atoms with van der Waals surface area (Å²) in [7, 11) is 0. The summed E-state index contributed by atoms with van der Waals surface area (Å²) < 4.78 is 0. The third-order valence-electron chi connectivity index (χ3n) is 4.26. The normalized spacial score (nSPS) is 10.3. The van der Waals surface area contributed by atoms with E-state index in [1.165, 1.54) is 5.56 Å². The summed E-state index contributed by atoms with van der Waals surface area (Å²) in [6.07, 6.45) is 1.98. The second-order valence-electron chi connectivity index (χ2n) is 6.39. The van der Waals surface area contributed by atoms with E-state index in [0.29, 0.717) is 28.4 Å². The average molecular weight is 393 g/mol. The van der Waals surface area contributed by atoms with Gasteiger partial charge in [-0.1, -0.05) is 54.1 Å². The summed E-state index contributed by atoms with van der Waals surface area (Å²) in [4.78, 5) is 24.9. The van der Waals surface area contributed by atoms with Gasteiger partial charge >= 0.3 is 0 Å². The zero-order valence-electron chi connectivity index (χ0n) is 15.3. The lowest BCUT2D eigenvalue weighted by Gasteiger charge is -2.11. The fourth-order valence-corrected chi connectivity index (χ4v) is 2.96. The van der Waals surface area contributed by atoms with Crippen LogP contribution in [0.4, 0.5) is 11.4 Å². The summed E-state index contributed by atoms with van der Waals surface area (Å²) in [5, 5.41) is 6.26. The van der Waals surface area contributed by atoms with E-state index in [9.17, 15) is 9.59 Å². The maximum atomic E-state index is 12.6. The van der Waals surface area contributed by atoms with Gasteiger partial charge in [0.15, 0.2) is 0 Å². The molecule has 0 aromatic heterocycles. The molecular weight excluding hydrogens is 372 g/mol. The van der Waals surface area contributed by atoms with Gasteiger partial charge in [-0.15, -0.1) is 0 Å². The third kappa shape index (κ3) is 5.69. The van der Waals surface area contributed by atoms with Crippen LogP contribution in [0.15, 0.2) is 78.9 Å². The van der Waals surface area contributed by atoms with Gasteiger partial charge in [0.05, 0.1) is 11.3 Å². The number of hydrogen-bond acceptors (Lipinski definition) is 2. The zero-order valence-corrected chi connectivity index (χ0v) is 16.1. The molecule has 2 N–H and O–H groups in total. The van der Waals surface area contributed by atoms with Gasteiger partial charge in [-0.3, -0.25) is 9.59 Å². The Morgan fingerprint density at radius 2 is 1.46 bits per heavy atom. The molecule has 0 atom stereocenters. The van der Waals surface area contributed by atoms with Crippen LogP contribution < -0.4 is 10.6 Å². The quantitative estimate of drug-likeness (QED) is 0.553. The van der Waals surface area contributed by atoms with Crippen LogP contribution in [0.2, 0.25) is 5.02 Å². The van der Waals surface area contributed by atoms with Gasteiger partial charge in [-0.2, -0.15) is 0 Å². The summed E-state index contributed by atoms with van der Waals surface area (Å²) in [5.74, 6) is -0.398. The fraction of sp³-hybridized carbons (Fsp3) is 0.130. The van der Waals surface area contributed by atoms with Crippen LogP contribution in [0.1, 0.15) is 28.8 Å². The number of amides is 2. The second kappa shape index (κ2) is 9.72. The molecule has 0 fully saturated rings. The lowest BCUT2D eigenvalue weighted by atomic mass is 10.1. The fourth-order valence-electron chi connectivity index (χ4n) is 2.83. The molecule has 0 saturated heterocycles. The molecule has 0 aliphatic carbocycles. The first kappa shape index (κ1) is 19.6. The number of hydrogen-bond donors (Lipinski definition) is 2. The second-order valence-corrected chi connectivity index (χ2v) is 6.83. The van der Waals surface area contributed by atoms with Gasteiger partial charge in [0.25, 0.3) is 5.91 Å². The molecule has 3 aromatic rings.